The highest BCUT2D eigenvalue weighted by molar-refractivity contribution is 8.27. The monoisotopic (exact) mass is 515 g/mol. The number of carbonyl (C=O) groups is 1. The summed E-state index contributed by atoms with van der Waals surface area (Å²) in [6.07, 6.45) is 8.98. The van der Waals surface area contributed by atoms with Crippen LogP contribution in [0.3, 0.4) is 0 Å². The van der Waals surface area contributed by atoms with E-state index in [1.807, 2.05) is 6.92 Å². The van der Waals surface area contributed by atoms with Crippen molar-refractivity contribution in [3.8, 4) is 11.3 Å². The molecule has 1 aromatic heterocycles. The van der Waals surface area contributed by atoms with E-state index in [0.717, 1.165) is 47.6 Å². The molecule has 0 saturated heterocycles. The van der Waals surface area contributed by atoms with E-state index in [1.165, 1.54) is 54.2 Å². The highest BCUT2D eigenvalue weighted by atomic mass is 32.2. The van der Waals surface area contributed by atoms with E-state index in [0.29, 0.717) is 22.3 Å². The second-order valence-corrected chi connectivity index (χ2v) is 12.0. The van der Waals surface area contributed by atoms with Gasteiger partial charge in [-0.15, -0.1) is 0 Å². The lowest BCUT2D eigenvalue weighted by molar-refractivity contribution is -0.384. The van der Waals surface area contributed by atoms with Gasteiger partial charge in [-0.05, 0) is 98.7 Å². The predicted molar refractivity (Wildman–Crippen MR) is 141 cm³/mol. The molecule has 8 rings (SSSR count). The van der Waals surface area contributed by atoms with Gasteiger partial charge >= 0.3 is 0 Å². The number of aliphatic imine (C=N–C) groups is 1. The van der Waals surface area contributed by atoms with Gasteiger partial charge in [-0.3, -0.25) is 20.3 Å². The van der Waals surface area contributed by atoms with Gasteiger partial charge in [0.15, 0.2) is 5.84 Å². The number of benzene rings is 1. The number of amidine groups is 2. The number of nitrogens with zero attached hydrogens (tertiary/aromatic N) is 4. The summed E-state index contributed by atoms with van der Waals surface area (Å²) in [6, 6.07) is 7.99. The summed E-state index contributed by atoms with van der Waals surface area (Å²) in [5.74, 6) is 2.63. The molecular weight excluding hydrogens is 490 g/mol. The van der Waals surface area contributed by atoms with Crippen LogP contribution < -0.4 is 0 Å². The minimum Gasteiger partial charge on any atom is -0.457 e. The Balaban J connectivity index is 1.18. The topological polar surface area (TPSA) is 125 Å². The van der Waals surface area contributed by atoms with Crippen LogP contribution in [0.4, 0.5) is 5.69 Å². The van der Waals surface area contributed by atoms with Crippen molar-refractivity contribution >= 4 is 45.5 Å². The van der Waals surface area contributed by atoms with Crippen LogP contribution in [-0.4, -0.2) is 31.9 Å². The van der Waals surface area contributed by atoms with Gasteiger partial charge in [0.25, 0.3) is 11.6 Å². The van der Waals surface area contributed by atoms with E-state index in [9.17, 15) is 14.9 Å². The number of hydrazone groups is 1. The van der Waals surface area contributed by atoms with Crippen LogP contribution in [0.1, 0.15) is 49.8 Å². The largest absolute Gasteiger partial charge is 0.457 e. The number of carbonyl (C=O) groups excluding carboxylic acids is 1. The number of hydrogen-bond donors (Lipinski definition) is 1. The first-order valence-corrected chi connectivity index (χ1v) is 13.5. The number of nitro benzene ring substituents is 1. The number of nitro groups is 1. The molecule has 4 saturated carbocycles. The molecule has 4 aliphatic carbocycles. The fraction of sp³-hybridized carbons (Fsp3) is 0.407. The molecular formula is C27H25N5O4S. The minimum absolute atomic E-state index is 0.00768. The molecule has 1 aromatic carbocycles. The number of rotatable bonds is 4. The summed E-state index contributed by atoms with van der Waals surface area (Å²) in [5, 5.41) is 27.8. The van der Waals surface area contributed by atoms with Crippen molar-refractivity contribution in [2.75, 3.05) is 0 Å². The van der Waals surface area contributed by atoms with Crippen molar-refractivity contribution in [1.82, 2.24) is 5.01 Å². The number of fused-ring (bicyclic) bond motifs is 1. The number of thioether (sulfide) groups is 1. The third-order valence-corrected chi connectivity index (χ3v) is 9.71. The zero-order valence-corrected chi connectivity index (χ0v) is 21.1. The second kappa shape index (κ2) is 7.98. The van der Waals surface area contributed by atoms with Crippen molar-refractivity contribution < 1.29 is 14.1 Å². The zero-order chi connectivity index (χ0) is 25.5. The number of nitrogens with one attached hydrogen (secondary N) is 1. The lowest BCUT2D eigenvalue weighted by Crippen LogP contribution is -2.49. The van der Waals surface area contributed by atoms with Crippen LogP contribution in [0.2, 0.25) is 0 Å². The van der Waals surface area contributed by atoms with Crippen molar-refractivity contribution in [2.45, 2.75) is 45.4 Å². The van der Waals surface area contributed by atoms with Crippen molar-refractivity contribution in [3.63, 3.8) is 0 Å². The van der Waals surface area contributed by atoms with Crippen LogP contribution in [0, 0.1) is 45.6 Å². The second-order valence-electron chi connectivity index (χ2n) is 11.1. The third kappa shape index (κ3) is 3.60. The number of non-ortho nitro benzene ring substituents is 1. The number of amides is 1. The standard InChI is InChI=1S/C27H25N5O4S/c1-14-2-3-18(32(34)35)9-20(14)22-5-4-19(36-22)10-21-23(28)31-26(29-24(21)33)37-25(30-31)27-11-15-6-16(12-27)8-17(7-15)13-27/h2-5,9-10,15-17,28H,6-8,11-13H2,1H3/b21-10-,28-23?. The van der Waals surface area contributed by atoms with E-state index in [-0.39, 0.29) is 22.5 Å². The Bertz CT molecular complexity index is 1450. The van der Waals surface area contributed by atoms with Crippen LogP contribution in [0.25, 0.3) is 17.4 Å². The molecule has 0 unspecified atom stereocenters. The summed E-state index contributed by atoms with van der Waals surface area (Å²) in [6.45, 7) is 1.85. The summed E-state index contributed by atoms with van der Waals surface area (Å²) < 4.78 is 5.93. The molecule has 0 atom stereocenters. The van der Waals surface area contributed by atoms with Crippen molar-refractivity contribution in [2.24, 2.45) is 33.3 Å². The Morgan fingerprint density at radius 3 is 2.54 bits per heavy atom. The van der Waals surface area contributed by atoms with Crippen molar-refractivity contribution in [1.29, 1.82) is 5.41 Å². The highest BCUT2D eigenvalue weighted by Crippen LogP contribution is 2.62. The summed E-state index contributed by atoms with van der Waals surface area (Å²) >= 11 is 1.46. The van der Waals surface area contributed by atoms with Gasteiger partial charge in [0.2, 0.25) is 5.17 Å². The molecule has 2 aliphatic heterocycles. The first-order valence-electron chi connectivity index (χ1n) is 12.6. The predicted octanol–water partition coefficient (Wildman–Crippen LogP) is 6.00. The molecule has 10 heteroatoms. The quantitative estimate of drug-likeness (QED) is 0.302. The van der Waals surface area contributed by atoms with Gasteiger partial charge in [0.1, 0.15) is 16.6 Å². The molecule has 4 bridgehead atoms. The maximum Gasteiger partial charge on any atom is 0.283 e. The molecule has 0 spiro atoms. The number of furan rings is 1. The third-order valence-electron chi connectivity index (χ3n) is 8.56. The average Bonchev–Trinajstić information content (AvgIpc) is 3.49. The lowest BCUT2D eigenvalue weighted by atomic mass is 9.50. The SMILES string of the molecule is Cc1ccc([N+](=O)[O-])cc1-c1ccc(/C=C2/C(=N)N3N=C(C45CC6CC(CC(C6)C4)C5)SC3=NC2=O)o1. The van der Waals surface area contributed by atoms with Crippen LogP contribution in [-0.2, 0) is 4.79 Å². The Kier molecular flexibility index (Phi) is 4.89. The Labute approximate surface area is 217 Å². The molecule has 1 amide bonds. The average molecular weight is 516 g/mol. The molecule has 2 aromatic rings. The van der Waals surface area contributed by atoms with E-state index >= 15 is 0 Å². The maximum atomic E-state index is 13.0. The van der Waals surface area contributed by atoms with E-state index in [2.05, 4.69) is 4.99 Å². The van der Waals surface area contributed by atoms with Crippen molar-refractivity contribution in [3.05, 3.63) is 57.3 Å². The molecule has 6 aliphatic rings. The minimum atomic E-state index is -0.491. The fourth-order valence-electron chi connectivity index (χ4n) is 7.29. The first kappa shape index (κ1) is 22.7. The lowest BCUT2D eigenvalue weighted by Gasteiger charge is -2.56. The fourth-order valence-corrected chi connectivity index (χ4v) is 8.39. The smallest absolute Gasteiger partial charge is 0.283 e. The normalized spacial score (nSPS) is 31.1. The van der Waals surface area contributed by atoms with Crippen LogP contribution in [0.15, 0.2) is 50.4 Å². The molecule has 1 N–H and O–H groups in total. The van der Waals surface area contributed by atoms with Gasteiger partial charge in [0.05, 0.1) is 10.5 Å². The molecule has 188 valence electrons. The van der Waals surface area contributed by atoms with Gasteiger partial charge < -0.3 is 4.42 Å². The van der Waals surface area contributed by atoms with Gasteiger partial charge in [-0.25, -0.2) is 0 Å². The molecule has 37 heavy (non-hydrogen) atoms. The summed E-state index contributed by atoms with van der Waals surface area (Å²) in [5.41, 5.74) is 1.58. The van der Waals surface area contributed by atoms with E-state index in [1.54, 1.807) is 18.2 Å². The summed E-state index contributed by atoms with van der Waals surface area (Å²) in [7, 11) is 0. The maximum absolute atomic E-state index is 13.0. The van der Waals surface area contributed by atoms with Gasteiger partial charge in [-0.2, -0.15) is 15.1 Å². The number of hydrogen-bond acceptors (Lipinski definition) is 7. The van der Waals surface area contributed by atoms with E-state index in [4.69, 9.17) is 14.9 Å². The van der Waals surface area contributed by atoms with Crippen LogP contribution in [0.5, 0.6) is 0 Å². The molecule has 0 radical (unpaired) electrons. The Morgan fingerprint density at radius 2 is 1.86 bits per heavy atom. The van der Waals surface area contributed by atoms with E-state index < -0.39 is 10.8 Å². The first-order chi connectivity index (χ1) is 17.8. The van der Waals surface area contributed by atoms with Gasteiger partial charge in [0, 0.05) is 23.1 Å². The summed E-state index contributed by atoms with van der Waals surface area (Å²) in [4.78, 5) is 28.0. The van der Waals surface area contributed by atoms with Crippen LogP contribution >= 0.6 is 11.8 Å². The molecule has 4 fully saturated rings. The zero-order valence-electron chi connectivity index (χ0n) is 20.3. The highest BCUT2D eigenvalue weighted by Gasteiger charge is 2.55. The Hall–Kier alpha value is -3.53. The molecule has 9 nitrogen and oxygen atoms in total. The molecule has 3 heterocycles. The number of aryl methyl sites for hydroxylation is 1. The van der Waals surface area contributed by atoms with Gasteiger partial charge in [-0.1, -0.05) is 6.07 Å². The Morgan fingerprint density at radius 1 is 1.16 bits per heavy atom.